The third kappa shape index (κ3) is 3.72. The van der Waals surface area contributed by atoms with E-state index in [1.807, 2.05) is 36.4 Å². The number of esters is 1. The predicted octanol–water partition coefficient (Wildman–Crippen LogP) is 2.22. The Hall–Kier alpha value is -2.56. The Bertz CT molecular complexity index is 591. The molecular formula is C16H18N2O3. The summed E-state index contributed by atoms with van der Waals surface area (Å²) in [5.74, 6) is -0.426. The number of urea groups is 1. The fraction of sp³-hybridized carbons (Fsp3) is 0.250. The van der Waals surface area contributed by atoms with Gasteiger partial charge in [-0.1, -0.05) is 42.5 Å². The van der Waals surface area contributed by atoms with Gasteiger partial charge >= 0.3 is 12.0 Å². The van der Waals surface area contributed by atoms with Crippen molar-refractivity contribution in [2.75, 3.05) is 6.61 Å². The molecule has 1 aliphatic heterocycles. The van der Waals surface area contributed by atoms with Gasteiger partial charge in [0.15, 0.2) is 0 Å². The normalized spacial score (nSPS) is 18.4. The van der Waals surface area contributed by atoms with E-state index in [4.69, 9.17) is 4.74 Å². The van der Waals surface area contributed by atoms with Crippen molar-refractivity contribution in [1.82, 2.24) is 10.6 Å². The molecule has 5 heteroatoms. The maximum Gasteiger partial charge on any atom is 0.338 e. The van der Waals surface area contributed by atoms with E-state index >= 15 is 0 Å². The van der Waals surface area contributed by atoms with Crippen molar-refractivity contribution in [2.24, 2.45) is 0 Å². The van der Waals surface area contributed by atoms with Crippen LogP contribution in [0.25, 0.3) is 6.08 Å². The van der Waals surface area contributed by atoms with E-state index in [0.29, 0.717) is 17.9 Å². The van der Waals surface area contributed by atoms with Crippen LogP contribution in [0, 0.1) is 0 Å². The molecule has 1 heterocycles. The first-order valence-corrected chi connectivity index (χ1v) is 6.80. The van der Waals surface area contributed by atoms with Gasteiger partial charge in [0.25, 0.3) is 0 Å². The molecule has 2 rings (SSSR count). The molecule has 5 nitrogen and oxygen atoms in total. The standard InChI is InChI=1S/C16H18N2O3/c1-3-21-15(19)14-11(2)17-16(20)18-13(14)10-9-12-7-5-4-6-8-12/h4-10,13H,3H2,1-2H3,(H2,17,18,20)/t13-/m0/s1. The highest BCUT2D eigenvalue weighted by molar-refractivity contribution is 5.95. The van der Waals surface area contributed by atoms with Crippen molar-refractivity contribution >= 4 is 18.1 Å². The molecule has 1 atom stereocenters. The zero-order chi connectivity index (χ0) is 15.2. The highest BCUT2D eigenvalue weighted by Gasteiger charge is 2.28. The Labute approximate surface area is 123 Å². The lowest BCUT2D eigenvalue weighted by Gasteiger charge is -2.25. The lowest BCUT2D eigenvalue weighted by molar-refractivity contribution is -0.138. The number of hydrogen-bond donors (Lipinski definition) is 2. The molecule has 110 valence electrons. The van der Waals surface area contributed by atoms with Crippen LogP contribution < -0.4 is 10.6 Å². The number of allylic oxidation sites excluding steroid dienone is 1. The molecular weight excluding hydrogens is 268 g/mol. The van der Waals surface area contributed by atoms with Crippen molar-refractivity contribution in [2.45, 2.75) is 19.9 Å². The molecule has 1 aromatic carbocycles. The smallest absolute Gasteiger partial charge is 0.338 e. The van der Waals surface area contributed by atoms with Crippen LogP contribution in [0.4, 0.5) is 4.79 Å². The van der Waals surface area contributed by atoms with Crippen molar-refractivity contribution in [3.63, 3.8) is 0 Å². The molecule has 0 saturated carbocycles. The van der Waals surface area contributed by atoms with Gasteiger partial charge in [-0.3, -0.25) is 0 Å². The molecule has 0 bridgehead atoms. The van der Waals surface area contributed by atoms with Crippen LogP contribution in [-0.2, 0) is 9.53 Å². The fourth-order valence-electron chi connectivity index (χ4n) is 2.13. The molecule has 0 aromatic heterocycles. The second-order valence-corrected chi connectivity index (χ2v) is 4.61. The van der Waals surface area contributed by atoms with Crippen molar-refractivity contribution < 1.29 is 14.3 Å². The molecule has 0 spiro atoms. The summed E-state index contributed by atoms with van der Waals surface area (Å²) in [5.41, 5.74) is 1.93. The number of benzene rings is 1. The Kier molecular flexibility index (Phi) is 4.77. The van der Waals surface area contributed by atoms with Gasteiger partial charge in [0.2, 0.25) is 0 Å². The Morgan fingerprint density at radius 1 is 1.33 bits per heavy atom. The number of ether oxygens (including phenoxy) is 1. The molecule has 0 radical (unpaired) electrons. The first kappa shape index (κ1) is 14.8. The topological polar surface area (TPSA) is 67.4 Å². The molecule has 0 fully saturated rings. The molecule has 21 heavy (non-hydrogen) atoms. The average molecular weight is 286 g/mol. The fourth-order valence-corrected chi connectivity index (χ4v) is 2.13. The molecule has 2 N–H and O–H groups in total. The van der Waals surface area contributed by atoms with Gasteiger partial charge < -0.3 is 15.4 Å². The van der Waals surface area contributed by atoms with E-state index in [-0.39, 0.29) is 6.03 Å². The maximum atomic E-state index is 12.0. The summed E-state index contributed by atoms with van der Waals surface area (Å²) in [5, 5.41) is 5.30. The summed E-state index contributed by atoms with van der Waals surface area (Å²) in [7, 11) is 0. The SMILES string of the molecule is CCOC(=O)C1=C(C)NC(=O)N[C@H]1C=Cc1ccccc1. The lowest BCUT2D eigenvalue weighted by atomic mass is 10.0. The van der Waals surface area contributed by atoms with Crippen LogP contribution in [0.1, 0.15) is 19.4 Å². The minimum atomic E-state index is -0.502. The number of nitrogens with one attached hydrogen (secondary N) is 2. The monoisotopic (exact) mass is 286 g/mol. The lowest BCUT2D eigenvalue weighted by Crippen LogP contribution is -2.49. The molecule has 1 aromatic rings. The van der Waals surface area contributed by atoms with Crippen molar-refractivity contribution in [3.05, 3.63) is 53.2 Å². The molecule has 0 saturated heterocycles. The highest BCUT2D eigenvalue weighted by atomic mass is 16.5. The quantitative estimate of drug-likeness (QED) is 0.834. The Morgan fingerprint density at radius 2 is 2.05 bits per heavy atom. The largest absolute Gasteiger partial charge is 0.463 e. The van der Waals surface area contributed by atoms with Crippen molar-refractivity contribution in [3.8, 4) is 0 Å². The van der Waals surface area contributed by atoms with Gasteiger partial charge in [-0.05, 0) is 19.4 Å². The van der Waals surface area contributed by atoms with E-state index in [1.165, 1.54) is 0 Å². The van der Waals surface area contributed by atoms with Crippen LogP contribution in [0.5, 0.6) is 0 Å². The number of carbonyl (C=O) groups excluding carboxylic acids is 2. The summed E-state index contributed by atoms with van der Waals surface area (Å²) < 4.78 is 5.05. The van der Waals surface area contributed by atoms with Crippen LogP contribution in [0.3, 0.4) is 0 Å². The van der Waals surface area contributed by atoms with E-state index in [9.17, 15) is 9.59 Å². The molecule has 1 aliphatic rings. The van der Waals surface area contributed by atoms with Gasteiger partial charge in [-0.25, -0.2) is 9.59 Å². The first-order chi connectivity index (χ1) is 10.1. The van der Waals surface area contributed by atoms with Gasteiger partial charge in [0, 0.05) is 5.70 Å². The second kappa shape index (κ2) is 6.74. The minimum Gasteiger partial charge on any atom is -0.463 e. The maximum absolute atomic E-state index is 12.0. The van der Waals surface area contributed by atoms with E-state index in [2.05, 4.69) is 10.6 Å². The van der Waals surface area contributed by atoms with Crippen LogP contribution in [0.2, 0.25) is 0 Å². The van der Waals surface area contributed by atoms with Crippen LogP contribution >= 0.6 is 0 Å². The third-order valence-electron chi connectivity index (χ3n) is 3.08. The summed E-state index contributed by atoms with van der Waals surface area (Å²) >= 11 is 0. The summed E-state index contributed by atoms with van der Waals surface area (Å²) in [6.07, 6.45) is 3.65. The summed E-state index contributed by atoms with van der Waals surface area (Å²) in [6, 6.07) is 8.83. The number of carbonyl (C=O) groups is 2. The second-order valence-electron chi connectivity index (χ2n) is 4.61. The van der Waals surface area contributed by atoms with E-state index in [0.717, 1.165) is 5.56 Å². The Morgan fingerprint density at radius 3 is 2.71 bits per heavy atom. The number of hydrogen-bond acceptors (Lipinski definition) is 3. The zero-order valence-electron chi connectivity index (χ0n) is 12.1. The summed E-state index contributed by atoms with van der Waals surface area (Å²) in [6.45, 7) is 3.73. The van der Waals surface area contributed by atoms with E-state index in [1.54, 1.807) is 19.9 Å². The first-order valence-electron chi connectivity index (χ1n) is 6.80. The Balaban J connectivity index is 2.26. The minimum absolute atomic E-state index is 0.290. The average Bonchev–Trinajstić information content (AvgIpc) is 2.45. The summed E-state index contributed by atoms with van der Waals surface area (Å²) in [4.78, 5) is 23.6. The van der Waals surface area contributed by atoms with E-state index < -0.39 is 12.0 Å². The van der Waals surface area contributed by atoms with Gasteiger partial charge in [0.05, 0.1) is 18.2 Å². The molecule has 0 unspecified atom stereocenters. The molecule has 2 amide bonds. The third-order valence-corrected chi connectivity index (χ3v) is 3.08. The highest BCUT2D eigenvalue weighted by Crippen LogP contribution is 2.16. The van der Waals surface area contributed by atoms with Gasteiger partial charge in [0.1, 0.15) is 0 Å². The van der Waals surface area contributed by atoms with Crippen LogP contribution in [-0.4, -0.2) is 24.6 Å². The molecule has 0 aliphatic carbocycles. The van der Waals surface area contributed by atoms with Gasteiger partial charge in [-0.15, -0.1) is 0 Å². The van der Waals surface area contributed by atoms with Crippen molar-refractivity contribution in [1.29, 1.82) is 0 Å². The predicted molar refractivity (Wildman–Crippen MR) is 80.3 cm³/mol. The zero-order valence-corrected chi connectivity index (χ0v) is 12.1. The number of rotatable bonds is 4. The number of amides is 2. The van der Waals surface area contributed by atoms with Gasteiger partial charge in [-0.2, -0.15) is 0 Å². The van der Waals surface area contributed by atoms with Crippen LogP contribution in [0.15, 0.2) is 47.7 Å².